The summed E-state index contributed by atoms with van der Waals surface area (Å²) in [5.41, 5.74) is 0. The summed E-state index contributed by atoms with van der Waals surface area (Å²) in [7, 11) is 0. The van der Waals surface area contributed by atoms with Gasteiger partial charge in [-0.1, -0.05) is 33.6 Å². The van der Waals surface area contributed by atoms with Gasteiger partial charge < -0.3 is 10.1 Å². The summed E-state index contributed by atoms with van der Waals surface area (Å²) in [4.78, 5) is 0. The van der Waals surface area contributed by atoms with Crippen LogP contribution < -0.4 is 5.32 Å². The Morgan fingerprint density at radius 1 is 1.17 bits per heavy atom. The molecule has 0 bridgehead atoms. The number of hydrogen-bond donors (Lipinski definition) is 1. The van der Waals surface area contributed by atoms with Crippen LogP contribution in [0.1, 0.15) is 33.6 Å². The molecule has 0 amide bonds. The van der Waals surface area contributed by atoms with E-state index in [1.54, 1.807) is 0 Å². The lowest BCUT2D eigenvalue weighted by atomic mass is 10.1. The van der Waals surface area contributed by atoms with Gasteiger partial charge in [0.2, 0.25) is 0 Å². The maximum absolute atomic E-state index is 5.52. The molecule has 0 saturated heterocycles. The number of rotatable bonds is 8. The topological polar surface area (TPSA) is 21.3 Å². The molecule has 0 spiro atoms. The van der Waals surface area contributed by atoms with Crippen molar-refractivity contribution in [1.82, 2.24) is 5.32 Å². The fraction of sp³-hybridized carbons (Fsp3) is 1.00. The van der Waals surface area contributed by atoms with E-state index in [1.807, 2.05) is 0 Å². The minimum Gasteiger partial charge on any atom is -0.380 e. The third-order valence-corrected chi connectivity index (χ3v) is 2.18. The van der Waals surface area contributed by atoms with E-state index in [9.17, 15) is 0 Å². The molecule has 0 aromatic rings. The van der Waals surface area contributed by atoms with Crippen molar-refractivity contribution in [2.45, 2.75) is 33.6 Å². The third kappa shape index (κ3) is 6.62. The molecule has 2 nitrogen and oxygen atoms in total. The fourth-order valence-electron chi connectivity index (χ4n) is 1.10. The normalized spacial score (nSPS) is 11.0. The molecule has 0 aromatic heterocycles. The van der Waals surface area contributed by atoms with Gasteiger partial charge in [0, 0.05) is 13.2 Å². The van der Waals surface area contributed by atoms with Crippen molar-refractivity contribution in [2.75, 3.05) is 26.3 Å². The quantitative estimate of drug-likeness (QED) is 0.567. The van der Waals surface area contributed by atoms with Crippen LogP contribution in [-0.2, 0) is 4.74 Å². The van der Waals surface area contributed by atoms with Crippen molar-refractivity contribution < 1.29 is 4.74 Å². The van der Waals surface area contributed by atoms with Crippen LogP contribution in [0.15, 0.2) is 0 Å². The van der Waals surface area contributed by atoms with Gasteiger partial charge >= 0.3 is 0 Å². The molecule has 0 aliphatic rings. The predicted molar refractivity (Wildman–Crippen MR) is 53.4 cm³/mol. The second kappa shape index (κ2) is 9.01. The fourth-order valence-corrected chi connectivity index (χ4v) is 1.10. The van der Waals surface area contributed by atoms with Crippen LogP contribution in [0.5, 0.6) is 0 Å². The molecule has 74 valence electrons. The number of hydrogen-bond acceptors (Lipinski definition) is 2. The molecule has 0 heterocycles. The lowest BCUT2D eigenvalue weighted by Crippen LogP contribution is -2.20. The average Bonchev–Trinajstić information content (AvgIpc) is 2.11. The molecule has 0 radical (unpaired) electrons. The molecule has 0 aliphatic carbocycles. The molecule has 0 aliphatic heterocycles. The summed E-state index contributed by atoms with van der Waals surface area (Å²) in [6, 6.07) is 0. The first-order valence-electron chi connectivity index (χ1n) is 5.13. The largest absolute Gasteiger partial charge is 0.380 e. The van der Waals surface area contributed by atoms with Crippen LogP contribution in [-0.4, -0.2) is 26.3 Å². The van der Waals surface area contributed by atoms with Gasteiger partial charge in [-0.2, -0.15) is 0 Å². The van der Waals surface area contributed by atoms with Gasteiger partial charge in [-0.25, -0.2) is 0 Å². The lowest BCUT2D eigenvalue weighted by molar-refractivity contribution is 0.0985. The first-order valence-corrected chi connectivity index (χ1v) is 5.13. The van der Waals surface area contributed by atoms with E-state index in [0.717, 1.165) is 32.2 Å². The summed E-state index contributed by atoms with van der Waals surface area (Å²) < 4.78 is 5.52. The summed E-state index contributed by atoms with van der Waals surface area (Å²) in [5.74, 6) is 0.756. The molecular formula is C10H23NO. The summed E-state index contributed by atoms with van der Waals surface area (Å²) in [5, 5.41) is 3.23. The van der Waals surface area contributed by atoms with Crippen LogP contribution in [0.25, 0.3) is 0 Å². The van der Waals surface area contributed by atoms with Crippen LogP contribution >= 0.6 is 0 Å². The molecule has 0 unspecified atom stereocenters. The second-order valence-corrected chi connectivity index (χ2v) is 3.11. The predicted octanol–water partition coefficient (Wildman–Crippen LogP) is 2.05. The first kappa shape index (κ1) is 11.9. The zero-order valence-corrected chi connectivity index (χ0v) is 8.73. The molecule has 2 heteroatoms. The van der Waals surface area contributed by atoms with Crippen molar-refractivity contribution in [3.63, 3.8) is 0 Å². The van der Waals surface area contributed by atoms with Crippen LogP contribution in [0.3, 0.4) is 0 Å². The van der Waals surface area contributed by atoms with Crippen molar-refractivity contribution in [3.8, 4) is 0 Å². The van der Waals surface area contributed by atoms with E-state index in [1.165, 1.54) is 12.8 Å². The van der Waals surface area contributed by atoms with E-state index in [2.05, 4.69) is 26.1 Å². The van der Waals surface area contributed by atoms with Crippen molar-refractivity contribution in [3.05, 3.63) is 0 Å². The number of ether oxygens (including phenoxy) is 1. The van der Waals surface area contributed by atoms with Gasteiger partial charge in [0.05, 0.1) is 6.61 Å². The highest BCUT2D eigenvalue weighted by molar-refractivity contribution is 4.52. The van der Waals surface area contributed by atoms with Gasteiger partial charge in [0.15, 0.2) is 0 Å². The number of nitrogens with one attached hydrogen (secondary N) is 1. The van der Waals surface area contributed by atoms with E-state index in [-0.39, 0.29) is 0 Å². The Morgan fingerprint density at radius 3 is 2.33 bits per heavy atom. The van der Waals surface area contributed by atoms with Crippen molar-refractivity contribution in [2.24, 2.45) is 5.92 Å². The van der Waals surface area contributed by atoms with Gasteiger partial charge in [0.25, 0.3) is 0 Å². The Kier molecular flexibility index (Phi) is 8.95. The maximum Gasteiger partial charge on any atom is 0.0591 e. The monoisotopic (exact) mass is 173 g/mol. The zero-order chi connectivity index (χ0) is 9.23. The standard InChI is InChI=1S/C10H23NO/c1-4-10(5-2)9-12-8-7-11-6-3/h10-11H,4-9H2,1-3H3. The smallest absolute Gasteiger partial charge is 0.0591 e. The molecule has 1 N–H and O–H groups in total. The highest BCUT2D eigenvalue weighted by Gasteiger charge is 2.01. The molecular weight excluding hydrogens is 150 g/mol. The van der Waals surface area contributed by atoms with Crippen LogP contribution in [0.2, 0.25) is 0 Å². The number of likely N-dealkylation sites (N-methyl/N-ethyl adjacent to an activating group) is 1. The van der Waals surface area contributed by atoms with Crippen molar-refractivity contribution >= 4 is 0 Å². The Balaban J connectivity index is 3.06. The maximum atomic E-state index is 5.52. The van der Waals surface area contributed by atoms with Gasteiger partial charge in [-0.05, 0) is 12.5 Å². The highest BCUT2D eigenvalue weighted by Crippen LogP contribution is 2.06. The minimum absolute atomic E-state index is 0.756. The van der Waals surface area contributed by atoms with Gasteiger partial charge in [-0.3, -0.25) is 0 Å². The molecule has 0 aromatic carbocycles. The lowest BCUT2D eigenvalue weighted by Gasteiger charge is -2.12. The Labute approximate surface area is 76.7 Å². The Hall–Kier alpha value is -0.0800. The van der Waals surface area contributed by atoms with Crippen LogP contribution in [0, 0.1) is 5.92 Å². The summed E-state index contributed by atoms with van der Waals surface area (Å²) in [6.07, 6.45) is 2.47. The molecule has 12 heavy (non-hydrogen) atoms. The summed E-state index contributed by atoms with van der Waals surface area (Å²) >= 11 is 0. The van der Waals surface area contributed by atoms with E-state index < -0.39 is 0 Å². The summed E-state index contributed by atoms with van der Waals surface area (Å²) in [6.45, 7) is 10.4. The molecule has 0 saturated carbocycles. The first-order chi connectivity index (χ1) is 5.85. The molecule has 0 rings (SSSR count). The minimum atomic E-state index is 0.756. The highest BCUT2D eigenvalue weighted by atomic mass is 16.5. The van der Waals surface area contributed by atoms with E-state index >= 15 is 0 Å². The Bertz CT molecular complexity index is 81.9. The van der Waals surface area contributed by atoms with Crippen LogP contribution in [0.4, 0.5) is 0 Å². The average molecular weight is 173 g/mol. The second-order valence-electron chi connectivity index (χ2n) is 3.11. The van der Waals surface area contributed by atoms with Gasteiger partial charge in [-0.15, -0.1) is 0 Å². The Morgan fingerprint density at radius 2 is 1.83 bits per heavy atom. The molecule has 0 atom stereocenters. The van der Waals surface area contributed by atoms with E-state index in [4.69, 9.17) is 4.74 Å². The van der Waals surface area contributed by atoms with E-state index in [0.29, 0.717) is 0 Å². The van der Waals surface area contributed by atoms with Gasteiger partial charge in [0.1, 0.15) is 0 Å². The molecule has 0 fully saturated rings. The third-order valence-electron chi connectivity index (χ3n) is 2.18. The SMILES string of the molecule is CCNCCOCC(CC)CC. The zero-order valence-electron chi connectivity index (χ0n) is 8.73. The van der Waals surface area contributed by atoms with Crippen molar-refractivity contribution in [1.29, 1.82) is 0 Å².